The number of aromatic carboxylic acids is 1. The summed E-state index contributed by atoms with van der Waals surface area (Å²) >= 11 is 0. The molecule has 7 rings (SSSR count). The Morgan fingerprint density at radius 1 is 1.05 bits per heavy atom. The van der Waals surface area contributed by atoms with Crippen molar-refractivity contribution < 1.29 is 19.4 Å². The van der Waals surface area contributed by atoms with E-state index in [0.29, 0.717) is 36.4 Å². The number of hydrogen-bond donors (Lipinski definition) is 1. The van der Waals surface area contributed by atoms with Crippen LogP contribution >= 0.6 is 0 Å². The smallest absolute Gasteiger partial charge is 0.335 e. The van der Waals surface area contributed by atoms with Gasteiger partial charge in [0.05, 0.1) is 47.4 Å². The zero-order chi connectivity index (χ0) is 28.6. The van der Waals surface area contributed by atoms with Crippen molar-refractivity contribution in [2.24, 2.45) is 11.8 Å². The molecular formula is C32H32N6O4. The molecule has 1 N–H and O–H groups in total. The highest BCUT2D eigenvalue weighted by molar-refractivity contribution is 5.92. The number of likely N-dealkylation sites (tertiary alicyclic amines) is 1. The minimum Gasteiger partial charge on any atom is -0.478 e. The number of carbonyl (C=O) groups is 1. The number of aromatic nitrogens is 3. The first-order valence-electron chi connectivity index (χ1n) is 14.4. The highest BCUT2D eigenvalue weighted by Gasteiger charge is 2.41. The first-order chi connectivity index (χ1) is 20.5. The van der Waals surface area contributed by atoms with Crippen molar-refractivity contribution in [3.63, 3.8) is 0 Å². The highest BCUT2D eigenvalue weighted by atomic mass is 16.5. The van der Waals surface area contributed by atoms with Gasteiger partial charge in [-0.3, -0.25) is 4.90 Å². The van der Waals surface area contributed by atoms with E-state index in [1.807, 2.05) is 36.4 Å². The zero-order valence-electron chi connectivity index (χ0n) is 23.2. The Bertz CT molecular complexity index is 1640. The lowest BCUT2D eigenvalue weighted by atomic mass is 10.0. The van der Waals surface area contributed by atoms with Gasteiger partial charge in [0.25, 0.3) is 0 Å². The number of hydrogen-bond acceptors (Lipinski definition) is 8. The molecule has 10 nitrogen and oxygen atoms in total. The van der Waals surface area contributed by atoms with Crippen molar-refractivity contribution >= 4 is 22.8 Å². The predicted molar refractivity (Wildman–Crippen MR) is 155 cm³/mol. The van der Waals surface area contributed by atoms with Gasteiger partial charge >= 0.3 is 5.97 Å². The average Bonchev–Trinajstić information content (AvgIpc) is 3.65. The van der Waals surface area contributed by atoms with Gasteiger partial charge in [-0.25, -0.2) is 9.78 Å². The number of ether oxygens (including phenoxy) is 2. The number of nitriles is 1. The van der Waals surface area contributed by atoms with Crippen molar-refractivity contribution in [3.8, 4) is 11.9 Å². The quantitative estimate of drug-likeness (QED) is 0.323. The first kappa shape index (κ1) is 26.4. The molecule has 0 bridgehead atoms. The molecule has 3 aliphatic rings. The summed E-state index contributed by atoms with van der Waals surface area (Å²) in [4.78, 5) is 26.2. The Balaban J connectivity index is 0.997. The summed E-state index contributed by atoms with van der Waals surface area (Å²) in [6.45, 7) is 6.46. The molecule has 5 heterocycles. The van der Waals surface area contributed by atoms with Crippen LogP contribution in [0, 0.1) is 23.2 Å². The van der Waals surface area contributed by atoms with Crippen LogP contribution in [-0.4, -0.2) is 69.4 Å². The molecule has 4 aromatic rings. The Hall–Kier alpha value is -4.46. The third-order valence-electron chi connectivity index (χ3n) is 8.68. The number of anilines is 1. The van der Waals surface area contributed by atoms with Crippen LogP contribution in [0.15, 0.2) is 60.7 Å². The van der Waals surface area contributed by atoms with Gasteiger partial charge in [-0.1, -0.05) is 18.2 Å². The van der Waals surface area contributed by atoms with Gasteiger partial charge in [0, 0.05) is 38.9 Å². The maximum atomic E-state index is 11.6. The van der Waals surface area contributed by atoms with Crippen LogP contribution in [0.5, 0.6) is 5.88 Å². The van der Waals surface area contributed by atoms with E-state index in [0.717, 1.165) is 74.0 Å². The molecule has 10 heteroatoms. The van der Waals surface area contributed by atoms with Crippen molar-refractivity contribution in [1.82, 2.24) is 19.4 Å². The molecule has 0 radical (unpaired) electrons. The minimum absolute atomic E-state index is 0.150. The van der Waals surface area contributed by atoms with Gasteiger partial charge in [0.15, 0.2) is 0 Å². The average molecular weight is 565 g/mol. The molecule has 2 unspecified atom stereocenters. The predicted octanol–water partition coefficient (Wildman–Crippen LogP) is 3.94. The molecule has 3 saturated heterocycles. The topological polar surface area (TPSA) is 117 Å². The van der Waals surface area contributed by atoms with E-state index in [9.17, 15) is 9.90 Å². The molecule has 3 fully saturated rings. The molecule has 214 valence electrons. The Morgan fingerprint density at radius 3 is 2.52 bits per heavy atom. The van der Waals surface area contributed by atoms with Gasteiger partial charge in [0.2, 0.25) is 5.88 Å². The van der Waals surface area contributed by atoms with Crippen LogP contribution in [-0.2, 0) is 24.4 Å². The summed E-state index contributed by atoms with van der Waals surface area (Å²) in [5.41, 5.74) is 3.59. The summed E-state index contributed by atoms with van der Waals surface area (Å²) in [5, 5.41) is 18.5. The minimum atomic E-state index is -0.930. The maximum absolute atomic E-state index is 11.6. The van der Waals surface area contributed by atoms with Gasteiger partial charge in [-0.15, -0.1) is 0 Å². The van der Waals surface area contributed by atoms with Gasteiger partial charge in [0.1, 0.15) is 18.2 Å². The van der Waals surface area contributed by atoms with Crippen LogP contribution in [0.3, 0.4) is 0 Å². The Morgan fingerprint density at radius 2 is 1.83 bits per heavy atom. The van der Waals surface area contributed by atoms with E-state index in [1.165, 1.54) is 0 Å². The molecule has 2 aromatic heterocycles. The lowest BCUT2D eigenvalue weighted by molar-refractivity contribution is -0.0591. The largest absolute Gasteiger partial charge is 0.478 e. The molecule has 3 aliphatic heterocycles. The standard InChI is InChI=1S/C32H32N6O4/c33-13-21-4-6-22(7-5-21)20-42-31-3-1-2-29(35-31)37-16-24-14-36(15-25(24)17-37)19-30-34-27-9-8-23(32(39)40)12-28(27)38(30)18-26-10-11-41-26/h1-9,12,24-26H,10-11,14-20H2,(H,39,40)/t24?,25?,26-/m0/s1. The SMILES string of the molecule is N#Cc1ccc(COc2cccc(N3CC4CN(Cc5nc6ccc(C(=O)O)cc6n5C[C@@H]5CCO5)CC4C3)n2)cc1. The van der Waals surface area contributed by atoms with Gasteiger partial charge in [-0.05, 0) is 60.2 Å². The number of pyridine rings is 1. The number of imidazole rings is 1. The van der Waals surface area contributed by atoms with Crippen LogP contribution in [0.4, 0.5) is 5.82 Å². The van der Waals surface area contributed by atoms with Crippen molar-refractivity contribution in [1.29, 1.82) is 5.26 Å². The Kier molecular flexibility index (Phi) is 6.98. The molecule has 3 atom stereocenters. The third kappa shape index (κ3) is 5.29. The molecule has 0 amide bonds. The van der Waals surface area contributed by atoms with E-state index in [2.05, 4.69) is 20.4 Å². The van der Waals surface area contributed by atoms with Gasteiger partial charge < -0.3 is 24.0 Å². The molecule has 0 aliphatic carbocycles. The number of benzene rings is 2. The first-order valence-corrected chi connectivity index (χ1v) is 14.4. The Labute approximate surface area is 243 Å². The molecule has 2 aromatic carbocycles. The molecule has 42 heavy (non-hydrogen) atoms. The summed E-state index contributed by atoms with van der Waals surface area (Å²) in [6, 6.07) is 20.6. The van der Waals surface area contributed by atoms with Crippen LogP contribution < -0.4 is 9.64 Å². The second-order valence-electron chi connectivity index (χ2n) is 11.5. The second kappa shape index (κ2) is 11.1. The summed E-state index contributed by atoms with van der Waals surface area (Å²) < 4.78 is 13.8. The molecule has 0 spiro atoms. The van der Waals surface area contributed by atoms with E-state index in [4.69, 9.17) is 24.7 Å². The monoisotopic (exact) mass is 564 g/mol. The van der Waals surface area contributed by atoms with E-state index >= 15 is 0 Å². The normalized spacial score (nSPS) is 21.7. The summed E-state index contributed by atoms with van der Waals surface area (Å²) in [6.07, 6.45) is 1.16. The fraction of sp³-hybridized carbons (Fsp3) is 0.375. The van der Waals surface area contributed by atoms with Crippen molar-refractivity contribution in [3.05, 3.63) is 83.2 Å². The molecular weight excluding hydrogens is 532 g/mol. The van der Waals surface area contributed by atoms with E-state index in [1.54, 1.807) is 24.3 Å². The lowest BCUT2D eigenvalue weighted by Gasteiger charge is -2.28. The lowest BCUT2D eigenvalue weighted by Crippen LogP contribution is -2.33. The van der Waals surface area contributed by atoms with E-state index in [-0.39, 0.29) is 11.7 Å². The van der Waals surface area contributed by atoms with E-state index < -0.39 is 5.97 Å². The van der Waals surface area contributed by atoms with Crippen LogP contribution in [0.25, 0.3) is 11.0 Å². The zero-order valence-corrected chi connectivity index (χ0v) is 23.2. The number of fused-ring (bicyclic) bond motifs is 2. The fourth-order valence-corrected chi connectivity index (χ4v) is 6.36. The maximum Gasteiger partial charge on any atom is 0.335 e. The fourth-order valence-electron chi connectivity index (χ4n) is 6.36. The van der Waals surface area contributed by atoms with Gasteiger partial charge in [-0.2, -0.15) is 10.2 Å². The number of carboxylic acid groups (broad SMARTS) is 1. The molecule has 0 saturated carbocycles. The number of carboxylic acids is 1. The highest BCUT2D eigenvalue weighted by Crippen LogP contribution is 2.35. The second-order valence-corrected chi connectivity index (χ2v) is 11.5. The summed E-state index contributed by atoms with van der Waals surface area (Å²) in [7, 11) is 0. The van der Waals surface area contributed by atoms with Crippen LogP contribution in [0.1, 0.15) is 33.7 Å². The summed E-state index contributed by atoms with van der Waals surface area (Å²) in [5.74, 6) is 2.65. The number of nitrogens with zero attached hydrogens (tertiary/aromatic N) is 6. The van der Waals surface area contributed by atoms with Crippen molar-refractivity contribution in [2.75, 3.05) is 37.7 Å². The number of rotatable bonds is 9. The van der Waals surface area contributed by atoms with Crippen LogP contribution in [0.2, 0.25) is 0 Å². The van der Waals surface area contributed by atoms with Crippen molar-refractivity contribution in [2.45, 2.75) is 32.2 Å². The third-order valence-corrected chi connectivity index (χ3v) is 8.68.